The average Bonchev–Trinajstić information content (AvgIpc) is 3.03. The molecule has 6 heteroatoms. The van der Waals surface area contributed by atoms with Gasteiger partial charge in [-0.15, -0.1) is 11.3 Å². The van der Waals surface area contributed by atoms with Crippen LogP contribution in [-0.4, -0.2) is 19.3 Å². The average molecular weight is 306 g/mol. The molecule has 0 radical (unpaired) electrons. The molecule has 4 nitrogen and oxygen atoms in total. The third-order valence-electron chi connectivity index (χ3n) is 3.67. The lowest BCUT2D eigenvalue weighted by Gasteiger charge is -2.24. The van der Waals surface area contributed by atoms with Gasteiger partial charge in [-0.2, -0.15) is 5.10 Å². The van der Waals surface area contributed by atoms with Gasteiger partial charge in [-0.05, 0) is 30.6 Å². The van der Waals surface area contributed by atoms with Crippen LogP contribution in [0.25, 0.3) is 11.2 Å². The summed E-state index contributed by atoms with van der Waals surface area (Å²) in [7, 11) is 1.96. The van der Waals surface area contributed by atoms with Crippen LogP contribution in [0.2, 0.25) is 0 Å². The normalized spacial score (nSPS) is 12.4. The Hall–Kier alpha value is -1.40. The van der Waals surface area contributed by atoms with E-state index in [0.717, 1.165) is 28.2 Å². The lowest BCUT2D eigenvalue weighted by atomic mass is 9.91. The summed E-state index contributed by atoms with van der Waals surface area (Å²) in [6.07, 6.45) is 0. The van der Waals surface area contributed by atoms with Gasteiger partial charge in [0, 0.05) is 23.9 Å². The van der Waals surface area contributed by atoms with Crippen molar-refractivity contribution >= 4 is 34.7 Å². The molecule has 20 heavy (non-hydrogen) atoms. The number of hydrogen-bond acceptors (Lipinski definition) is 3. The quantitative estimate of drug-likeness (QED) is 0.748. The van der Waals surface area contributed by atoms with E-state index >= 15 is 0 Å². The van der Waals surface area contributed by atoms with Crippen molar-refractivity contribution in [3.8, 4) is 0 Å². The summed E-state index contributed by atoms with van der Waals surface area (Å²) in [5.41, 5.74) is 3.14. The van der Waals surface area contributed by atoms with E-state index < -0.39 is 0 Å². The van der Waals surface area contributed by atoms with Crippen molar-refractivity contribution in [2.24, 2.45) is 7.05 Å². The zero-order valence-corrected chi connectivity index (χ0v) is 13.7. The third kappa shape index (κ3) is 2.03. The molecule has 0 atom stereocenters. The Morgan fingerprint density at radius 1 is 1.45 bits per heavy atom. The van der Waals surface area contributed by atoms with E-state index in [-0.39, 0.29) is 5.41 Å². The molecule has 0 aliphatic carbocycles. The first kappa shape index (κ1) is 13.6. The number of fused-ring (bicyclic) bond motifs is 1. The summed E-state index contributed by atoms with van der Waals surface area (Å²) in [5, 5.41) is 6.59. The van der Waals surface area contributed by atoms with Crippen LogP contribution in [0.3, 0.4) is 0 Å². The van der Waals surface area contributed by atoms with Crippen LogP contribution in [0.4, 0.5) is 0 Å². The molecule has 0 unspecified atom stereocenters. The summed E-state index contributed by atoms with van der Waals surface area (Å²) in [6, 6.07) is 4.29. The van der Waals surface area contributed by atoms with Crippen molar-refractivity contribution in [2.75, 3.05) is 0 Å². The van der Waals surface area contributed by atoms with E-state index in [0.29, 0.717) is 0 Å². The van der Waals surface area contributed by atoms with Gasteiger partial charge in [0.1, 0.15) is 5.52 Å². The fourth-order valence-electron chi connectivity index (χ4n) is 2.66. The zero-order valence-electron chi connectivity index (χ0n) is 12.1. The van der Waals surface area contributed by atoms with Crippen LogP contribution < -0.4 is 0 Å². The summed E-state index contributed by atoms with van der Waals surface area (Å²) < 4.78 is 4.83. The van der Waals surface area contributed by atoms with Crippen molar-refractivity contribution < 1.29 is 0 Å². The van der Waals surface area contributed by atoms with Crippen LogP contribution >= 0.6 is 23.6 Å². The van der Waals surface area contributed by atoms with Gasteiger partial charge in [-0.25, -0.2) is 0 Å². The van der Waals surface area contributed by atoms with Crippen LogP contribution in [0, 0.1) is 11.7 Å². The number of rotatable bonds is 3. The second-order valence-electron chi connectivity index (χ2n) is 5.79. The van der Waals surface area contributed by atoms with Crippen molar-refractivity contribution in [1.82, 2.24) is 19.3 Å². The minimum atomic E-state index is 0.0414. The molecule has 0 fully saturated rings. The van der Waals surface area contributed by atoms with E-state index in [9.17, 15) is 0 Å². The molecule has 0 aliphatic rings. The molecule has 3 heterocycles. The van der Waals surface area contributed by atoms with Crippen LogP contribution in [0.15, 0.2) is 17.5 Å². The molecule has 0 amide bonds. The highest BCUT2D eigenvalue weighted by atomic mass is 32.1. The summed E-state index contributed by atoms with van der Waals surface area (Å²) in [4.78, 5) is 4.65. The maximum Gasteiger partial charge on any atom is 0.179 e. The maximum atomic E-state index is 5.49. The Morgan fingerprint density at radius 3 is 2.85 bits per heavy atom. The summed E-state index contributed by atoms with van der Waals surface area (Å²) in [6.45, 7) is 7.35. The molecule has 0 aromatic carbocycles. The Kier molecular flexibility index (Phi) is 3.10. The van der Waals surface area contributed by atoms with Gasteiger partial charge in [-0.3, -0.25) is 4.68 Å². The molecular weight excluding hydrogens is 288 g/mol. The topological polar surface area (TPSA) is 38.5 Å². The predicted octanol–water partition coefficient (Wildman–Crippen LogP) is 3.78. The Morgan fingerprint density at radius 2 is 2.20 bits per heavy atom. The van der Waals surface area contributed by atoms with Gasteiger partial charge in [0.25, 0.3) is 0 Å². The van der Waals surface area contributed by atoms with E-state index in [1.54, 1.807) is 11.3 Å². The summed E-state index contributed by atoms with van der Waals surface area (Å²) in [5.74, 6) is 0. The Labute approximate surface area is 127 Å². The van der Waals surface area contributed by atoms with Gasteiger partial charge >= 0.3 is 0 Å². The Bertz CT molecular complexity index is 802. The van der Waals surface area contributed by atoms with Gasteiger partial charge in [-0.1, -0.05) is 19.9 Å². The number of nitrogens with one attached hydrogen (secondary N) is 1. The molecule has 106 valence electrons. The first-order valence-corrected chi connectivity index (χ1v) is 7.85. The number of nitrogens with zero attached hydrogens (tertiary/aromatic N) is 3. The minimum Gasteiger partial charge on any atom is -0.328 e. The van der Waals surface area contributed by atoms with Crippen molar-refractivity contribution in [1.29, 1.82) is 0 Å². The number of aromatic amines is 1. The SMILES string of the molecule is Cc1nn(C)c2c1[nH]c(=S)n2CC(C)(C)c1cccs1. The standard InChI is InChI=1S/C14H18N4S2/c1-9-11-12(17(4)16-9)18(13(19)15-11)8-14(2,3)10-6-5-7-20-10/h5-7H,8H2,1-4H3,(H,15,19). The molecule has 3 rings (SSSR count). The molecule has 3 aromatic rings. The number of hydrogen-bond donors (Lipinski definition) is 1. The van der Waals surface area contributed by atoms with Crippen LogP contribution in [0.5, 0.6) is 0 Å². The lowest BCUT2D eigenvalue weighted by molar-refractivity contribution is 0.442. The molecule has 0 saturated heterocycles. The highest BCUT2D eigenvalue weighted by molar-refractivity contribution is 7.71. The molecule has 0 bridgehead atoms. The second kappa shape index (κ2) is 4.56. The molecule has 3 aromatic heterocycles. The van der Waals surface area contributed by atoms with Gasteiger partial charge in [0.15, 0.2) is 10.4 Å². The molecule has 0 saturated carbocycles. The molecule has 1 N–H and O–H groups in total. The second-order valence-corrected chi connectivity index (χ2v) is 7.12. The smallest absolute Gasteiger partial charge is 0.179 e. The van der Waals surface area contributed by atoms with E-state index in [1.807, 2.05) is 18.7 Å². The number of thiophene rings is 1. The number of imidazole rings is 1. The molecular formula is C14H18N4S2. The van der Waals surface area contributed by atoms with E-state index in [2.05, 4.69) is 46.0 Å². The fourth-order valence-corrected chi connectivity index (χ4v) is 3.75. The van der Waals surface area contributed by atoms with Crippen molar-refractivity contribution in [3.05, 3.63) is 32.9 Å². The highest BCUT2D eigenvalue weighted by Crippen LogP contribution is 2.30. The number of aromatic nitrogens is 4. The van der Waals surface area contributed by atoms with Crippen molar-refractivity contribution in [2.45, 2.75) is 32.7 Å². The maximum absolute atomic E-state index is 5.49. The number of aryl methyl sites for hydroxylation is 2. The highest BCUT2D eigenvalue weighted by Gasteiger charge is 2.25. The number of H-pyrrole nitrogens is 1. The fraction of sp³-hybridized carbons (Fsp3) is 0.429. The van der Waals surface area contributed by atoms with Crippen LogP contribution in [0.1, 0.15) is 24.4 Å². The third-order valence-corrected chi connectivity index (χ3v) is 5.22. The lowest BCUT2D eigenvalue weighted by Crippen LogP contribution is -2.24. The molecule has 0 spiro atoms. The Balaban J connectivity index is 2.12. The van der Waals surface area contributed by atoms with E-state index in [1.165, 1.54) is 4.88 Å². The van der Waals surface area contributed by atoms with Gasteiger partial charge in [0.2, 0.25) is 0 Å². The van der Waals surface area contributed by atoms with Gasteiger partial charge < -0.3 is 9.55 Å². The minimum absolute atomic E-state index is 0.0414. The first-order valence-electron chi connectivity index (χ1n) is 6.56. The van der Waals surface area contributed by atoms with Crippen LogP contribution in [-0.2, 0) is 19.0 Å². The first-order chi connectivity index (χ1) is 9.40. The van der Waals surface area contributed by atoms with E-state index in [4.69, 9.17) is 12.2 Å². The monoisotopic (exact) mass is 306 g/mol. The van der Waals surface area contributed by atoms with Gasteiger partial charge in [0.05, 0.1) is 5.69 Å². The predicted molar refractivity (Wildman–Crippen MR) is 86.0 cm³/mol. The zero-order chi connectivity index (χ0) is 14.5. The summed E-state index contributed by atoms with van der Waals surface area (Å²) >= 11 is 7.29. The van der Waals surface area contributed by atoms with Crippen molar-refractivity contribution in [3.63, 3.8) is 0 Å². The molecule has 0 aliphatic heterocycles. The largest absolute Gasteiger partial charge is 0.328 e.